The number of pyridine rings is 1. The quantitative estimate of drug-likeness (QED) is 0.846. The molecular weight excluding hydrogens is 360 g/mol. The van der Waals surface area contributed by atoms with Crippen LogP contribution in [-0.4, -0.2) is 36.6 Å². The van der Waals surface area contributed by atoms with Gasteiger partial charge in [0, 0.05) is 5.69 Å². The Kier molecular flexibility index (Phi) is 4.85. The third-order valence-electron chi connectivity index (χ3n) is 3.89. The van der Waals surface area contributed by atoms with Crippen LogP contribution in [0.15, 0.2) is 30.3 Å². The van der Waals surface area contributed by atoms with Crippen LogP contribution in [0.2, 0.25) is 5.02 Å². The van der Waals surface area contributed by atoms with Gasteiger partial charge in [-0.1, -0.05) is 11.6 Å². The molecule has 1 atom stereocenters. The van der Waals surface area contributed by atoms with E-state index >= 15 is 0 Å². The van der Waals surface area contributed by atoms with Gasteiger partial charge in [-0.25, -0.2) is 4.98 Å². The van der Waals surface area contributed by atoms with Crippen LogP contribution in [0.5, 0.6) is 11.5 Å². The Morgan fingerprint density at radius 1 is 1.42 bits per heavy atom. The van der Waals surface area contributed by atoms with E-state index in [4.69, 9.17) is 26.8 Å². The highest BCUT2D eigenvalue weighted by Crippen LogP contribution is 2.33. The normalized spacial score (nSPS) is 14.3. The average Bonchev–Trinajstić information content (AvgIpc) is 2.61. The highest BCUT2D eigenvalue weighted by atomic mass is 35.5. The zero-order valence-electron chi connectivity index (χ0n) is 14.2. The molecule has 1 aliphatic heterocycles. The van der Waals surface area contributed by atoms with Gasteiger partial charge in [0.15, 0.2) is 18.2 Å². The molecule has 26 heavy (non-hydrogen) atoms. The fourth-order valence-corrected chi connectivity index (χ4v) is 2.83. The van der Waals surface area contributed by atoms with E-state index < -0.39 is 11.9 Å². The highest BCUT2D eigenvalue weighted by Gasteiger charge is 2.34. The van der Waals surface area contributed by atoms with Gasteiger partial charge in [0.05, 0.1) is 12.1 Å². The molecular formula is C17H17ClN4O4. The van der Waals surface area contributed by atoms with Crippen molar-refractivity contribution >= 4 is 40.7 Å². The highest BCUT2D eigenvalue weighted by molar-refractivity contribution is 6.32. The molecule has 0 radical (unpaired) electrons. The Morgan fingerprint density at radius 2 is 2.19 bits per heavy atom. The molecule has 0 fully saturated rings. The minimum Gasteiger partial charge on any atom is -0.495 e. The van der Waals surface area contributed by atoms with E-state index in [2.05, 4.69) is 10.3 Å². The monoisotopic (exact) mass is 376 g/mol. The van der Waals surface area contributed by atoms with Crippen molar-refractivity contribution in [1.29, 1.82) is 0 Å². The standard InChI is InChI=1S/C17H17ClN4O4/c1-9(17(24)20-10-3-4-12(25-2)11(18)7-10)22-15(23)8-26-13-5-6-14(19)21-16(13)22/h3-7,9H,8H2,1-2H3,(H2,19,21)(H,20,24). The molecule has 2 aromatic rings. The molecule has 1 unspecified atom stereocenters. The number of ether oxygens (including phenoxy) is 2. The summed E-state index contributed by atoms with van der Waals surface area (Å²) in [5.74, 6) is 0.543. The molecule has 1 aromatic carbocycles. The summed E-state index contributed by atoms with van der Waals surface area (Å²) in [6, 6.07) is 7.21. The Bertz CT molecular complexity index is 874. The fourth-order valence-electron chi connectivity index (χ4n) is 2.57. The summed E-state index contributed by atoms with van der Waals surface area (Å²) in [5.41, 5.74) is 6.18. The van der Waals surface area contributed by atoms with E-state index in [0.717, 1.165) is 0 Å². The lowest BCUT2D eigenvalue weighted by Crippen LogP contribution is -2.50. The van der Waals surface area contributed by atoms with Crippen molar-refractivity contribution in [2.75, 3.05) is 29.7 Å². The topological polar surface area (TPSA) is 107 Å². The predicted molar refractivity (Wildman–Crippen MR) is 97.7 cm³/mol. The van der Waals surface area contributed by atoms with Crippen molar-refractivity contribution < 1.29 is 19.1 Å². The van der Waals surface area contributed by atoms with Crippen LogP contribution < -0.4 is 25.4 Å². The summed E-state index contributed by atoms with van der Waals surface area (Å²) in [6.07, 6.45) is 0. The second-order valence-corrected chi connectivity index (χ2v) is 6.03. The minimum absolute atomic E-state index is 0.176. The number of carbonyl (C=O) groups excluding carboxylic acids is 2. The van der Waals surface area contributed by atoms with Gasteiger partial charge in [-0.15, -0.1) is 0 Å². The number of hydrogen-bond donors (Lipinski definition) is 2. The van der Waals surface area contributed by atoms with Crippen LogP contribution in [0, 0.1) is 0 Å². The number of nitrogen functional groups attached to an aromatic ring is 1. The summed E-state index contributed by atoms with van der Waals surface area (Å²) in [7, 11) is 1.50. The Labute approximate surface area is 154 Å². The van der Waals surface area contributed by atoms with Crippen molar-refractivity contribution in [2.45, 2.75) is 13.0 Å². The number of hydrogen-bond acceptors (Lipinski definition) is 6. The van der Waals surface area contributed by atoms with Gasteiger partial charge >= 0.3 is 0 Å². The largest absolute Gasteiger partial charge is 0.495 e. The number of benzene rings is 1. The summed E-state index contributed by atoms with van der Waals surface area (Å²) in [4.78, 5) is 30.4. The number of anilines is 3. The number of nitrogens with two attached hydrogens (primary N) is 1. The lowest BCUT2D eigenvalue weighted by atomic mass is 10.2. The van der Waals surface area contributed by atoms with E-state index in [0.29, 0.717) is 22.2 Å². The zero-order chi connectivity index (χ0) is 18.8. The van der Waals surface area contributed by atoms with Gasteiger partial charge in [0.1, 0.15) is 17.6 Å². The molecule has 3 rings (SSSR count). The number of methoxy groups -OCH3 is 1. The molecule has 136 valence electrons. The molecule has 0 bridgehead atoms. The summed E-state index contributed by atoms with van der Waals surface area (Å²) in [5, 5.41) is 3.09. The van der Waals surface area contributed by atoms with Crippen LogP contribution in [-0.2, 0) is 9.59 Å². The number of fused-ring (bicyclic) bond motifs is 1. The van der Waals surface area contributed by atoms with E-state index in [1.807, 2.05) is 0 Å². The molecule has 0 aliphatic carbocycles. The number of amides is 2. The van der Waals surface area contributed by atoms with Crippen LogP contribution in [0.1, 0.15) is 6.92 Å². The van der Waals surface area contributed by atoms with E-state index in [1.54, 1.807) is 37.3 Å². The van der Waals surface area contributed by atoms with Crippen LogP contribution in [0.4, 0.5) is 17.3 Å². The number of rotatable bonds is 4. The van der Waals surface area contributed by atoms with E-state index in [-0.39, 0.29) is 24.1 Å². The second kappa shape index (κ2) is 7.09. The third kappa shape index (κ3) is 3.36. The molecule has 8 nitrogen and oxygen atoms in total. The van der Waals surface area contributed by atoms with Crippen molar-refractivity contribution in [1.82, 2.24) is 4.98 Å². The van der Waals surface area contributed by atoms with Gasteiger partial charge in [-0.05, 0) is 37.3 Å². The van der Waals surface area contributed by atoms with Crippen LogP contribution in [0.25, 0.3) is 0 Å². The summed E-state index contributed by atoms with van der Waals surface area (Å²) in [6.45, 7) is 1.42. The van der Waals surface area contributed by atoms with Gasteiger partial charge in [0.25, 0.3) is 5.91 Å². The first-order valence-corrected chi connectivity index (χ1v) is 8.14. The van der Waals surface area contributed by atoms with Gasteiger partial charge in [0.2, 0.25) is 5.91 Å². The average molecular weight is 377 g/mol. The molecule has 2 heterocycles. The maximum atomic E-state index is 12.6. The number of aromatic nitrogens is 1. The van der Waals surface area contributed by atoms with Crippen molar-refractivity contribution in [3.63, 3.8) is 0 Å². The predicted octanol–water partition coefficient (Wildman–Crippen LogP) is 2.08. The molecule has 9 heteroatoms. The zero-order valence-corrected chi connectivity index (χ0v) is 14.9. The maximum Gasteiger partial charge on any atom is 0.266 e. The Hall–Kier alpha value is -3.00. The van der Waals surface area contributed by atoms with Crippen molar-refractivity contribution in [2.24, 2.45) is 0 Å². The molecule has 2 amide bonds. The van der Waals surface area contributed by atoms with Crippen molar-refractivity contribution in [3.8, 4) is 11.5 Å². The number of carbonyl (C=O) groups is 2. The third-order valence-corrected chi connectivity index (χ3v) is 4.19. The van der Waals surface area contributed by atoms with Gasteiger partial charge in [-0.2, -0.15) is 0 Å². The number of nitrogens with one attached hydrogen (secondary N) is 1. The van der Waals surface area contributed by atoms with E-state index in [9.17, 15) is 9.59 Å². The van der Waals surface area contributed by atoms with Gasteiger partial charge < -0.3 is 20.5 Å². The van der Waals surface area contributed by atoms with Gasteiger partial charge in [-0.3, -0.25) is 14.5 Å². The maximum absolute atomic E-state index is 12.6. The SMILES string of the molecule is COc1ccc(NC(=O)C(C)N2C(=O)COc3ccc(N)nc32)cc1Cl. The number of halogens is 1. The minimum atomic E-state index is -0.833. The molecule has 1 aliphatic rings. The fraction of sp³-hybridized carbons (Fsp3) is 0.235. The molecule has 0 saturated carbocycles. The lowest BCUT2D eigenvalue weighted by Gasteiger charge is -2.32. The molecule has 0 spiro atoms. The Balaban J connectivity index is 1.83. The second-order valence-electron chi connectivity index (χ2n) is 5.62. The Morgan fingerprint density at radius 3 is 2.88 bits per heavy atom. The first-order valence-electron chi connectivity index (χ1n) is 7.76. The first kappa shape index (κ1) is 17.8. The molecule has 1 aromatic heterocycles. The van der Waals surface area contributed by atoms with E-state index in [1.165, 1.54) is 12.0 Å². The van der Waals surface area contributed by atoms with Crippen LogP contribution >= 0.6 is 11.6 Å². The number of nitrogens with zero attached hydrogens (tertiary/aromatic N) is 2. The lowest BCUT2D eigenvalue weighted by molar-refractivity contribution is -0.125. The smallest absolute Gasteiger partial charge is 0.266 e. The van der Waals surface area contributed by atoms with Crippen LogP contribution in [0.3, 0.4) is 0 Å². The first-order chi connectivity index (χ1) is 12.4. The molecule has 0 saturated heterocycles. The summed E-state index contributed by atoms with van der Waals surface area (Å²) >= 11 is 6.07. The van der Waals surface area contributed by atoms with Crippen molar-refractivity contribution in [3.05, 3.63) is 35.4 Å². The molecule has 3 N–H and O–H groups in total. The summed E-state index contributed by atoms with van der Waals surface area (Å²) < 4.78 is 10.4.